The molecule has 17 heavy (non-hydrogen) atoms. The van der Waals surface area contributed by atoms with E-state index in [0.29, 0.717) is 27.7 Å². The molecule has 0 atom stereocenters. The van der Waals surface area contributed by atoms with E-state index < -0.39 is 10.0 Å². The van der Waals surface area contributed by atoms with Crippen molar-refractivity contribution in [2.45, 2.75) is 23.1 Å². The zero-order valence-corrected chi connectivity index (χ0v) is 11.9. The van der Waals surface area contributed by atoms with E-state index in [9.17, 15) is 8.42 Å². The van der Waals surface area contributed by atoms with Crippen molar-refractivity contribution >= 4 is 33.0 Å². The van der Waals surface area contributed by atoms with Gasteiger partial charge in [0, 0.05) is 19.1 Å². The zero-order chi connectivity index (χ0) is 12.5. The molecule has 0 spiro atoms. The van der Waals surface area contributed by atoms with Crippen molar-refractivity contribution in [2.75, 3.05) is 20.1 Å². The molecule has 0 saturated carbocycles. The van der Waals surface area contributed by atoms with Crippen LogP contribution in [0.3, 0.4) is 0 Å². The Balaban J connectivity index is 2.12. The Hall–Kier alpha value is -0.140. The average Bonchev–Trinajstić information content (AvgIpc) is 2.77. The molecule has 0 aromatic carbocycles. The number of halogens is 1. The summed E-state index contributed by atoms with van der Waals surface area (Å²) in [4.78, 5) is 0. The summed E-state index contributed by atoms with van der Waals surface area (Å²) in [7, 11) is -1.42. The molecule has 1 aliphatic heterocycles. The minimum Gasteiger partial charge on any atom is -0.317 e. The minimum absolute atomic E-state index is 0.338. The highest BCUT2D eigenvalue weighted by Crippen LogP contribution is 2.29. The van der Waals surface area contributed by atoms with Gasteiger partial charge in [0.15, 0.2) is 0 Å². The number of nitrogens with zero attached hydrogens (tertiary/aromatic N) is 1. The molecule has 0 amide bonds. The Morgan fingerprint density at radius 2 is 2.06 bits per heavy atom. The minimum atomic E-state index is -3.33. The van der Waals surface area contributed by atoms with Gasteiger partial charge in [0.1, 0.15) is 4.21 Å². The van der Waals surface area contributed by atoms with Gasteiger partial charge in [-0.3, -0.25) is 0 Å². The van der Waals surface area contributed by atoms with E-state index in [1.54, 1.807) is 16.4 Å². The number of hydrogen-bond acceptors (Lipinski definition) is 4. The van der Waals surface area contributed by atoms with Crippen molar-refractivity contribution in [3.05, 3.63) is 16.5 Å². The third-order valence-corrected chi connectivity index (χ3v) is 6.60. The van der Waals surface area contributed by atoms with Crippen molar-refractivity contribution in [1.29, 1.82) is 0 Å². The van der Waals surface area contributed by atoms with Gasteiger partial charge in [0.2, 0.25) is 0 Å². The summed E-state index contributed by atoms with van der Waals surface area (Å²) < 4.78 is 26.9. The number of thiophene rings is 1. The quantitative estimate of drug-likeness (QED) is 0.924. The Morgan fingerprint density at radius 3 is 2.53 bits per heavy atom. The summed E-state index contributed by atoms with van der Waals surface area (Å²) in [6.07, 6.45) is 1.71. The molecule has 1 aromatic rings. The lowest BCUT2D eigenvalue weighted by atomic mass is 10.1. The van der Waals surface area contributed by atoms with E-state index in [1.165, 1.54) is 0 Å². The van der Waals surface area contributed by atoms with E-state index in [-0.39, 0.29) is 0 Å². The highest BCUT2D eigenvalue weighted by molar-refractivity contribution is 7.91. The maximum absolute atomic E-state index is 12.3. The smallest absolute Gasteiger partial charge is 0.252 e. The number of hydrogen-bond donors (Lipinski definition) is 1. The van der Waals surface area contributed by atoms with E-state index in [4.69, 9.17) is 11.6 Å². The van der Waals surface area contributed by atoms with Gasteiger partial charge in [-0.15, -0.1) is 11.3 Å². The van der Waals surface area contributed by atoms with Crippen molar-refractivity contribution in [2.24, 2.45) is 0 Å². The standard InChI is InChI=1S/C10H15ClN2O2S2/c1-12-8-4-6-13(7-5-8)17(14,15)10-3-2-9(11)16-10/h2-3,8,12H,4-7H2,1H3. The lowest BCUT2D eigenvalue weighted by Gasteiger charge is -2.30. The molecule has 96 valence electrons. The third kappa shape index (κ3) is 2.82. The molecule has 4 nitrogen and oxygen atoms in total. The highest BCUT2D eigenvalue weighted by atomic mass is 35.5. The van der Waals surface area contributed by atoms with Crippen LogP contribution in [-0.4, -0.2) is 38.9 Å². The lowest BCUT2D eigenvalue weighted by Crippen LogP contribution is -2.43. The summed E-state index contributed by atoms with van der Waals surface area (Å²) in [5.74, 6) is 0. The molecule has 0 radical (unpaired) electrons. The summed E-state index contributed by atoms with van der Waals surface area (Å²) >= 11 is 6.89. The second kappa shape index (κ2) is 5.24. The summed E-state index contributed by atoms with van der Waals surface area (Å²) in [6, 6.07) is 3.62. The van der Waals surface area contributed by atoms with Crippen LogP contribution in [0.4, 0.5) is 0 Å². The largest absolute Gasteiger partial charge is 0.317 e. The summed E-state index contributed by atoms with van der Waals surface area (Å²) in [6.45, 7) is 1.15. The lowest BCUT2D eigenvalue weighted by molar-refractivity contribution is 0.299. The monoisotopic (exact) mass is 294 g/mol. The molecular weight excluding hydrogens is 280 g/mol. The normalized spacial score (nSPS) is 19.6. The maximum atomic E-state index is 12.3. The van der Waals surface area contributed by atoms with E-state index in [0.717, 1.165) is 24.2 Å². The molecule has 0 unspecified atom stereocenters. The van der Waals surface area contributed by atoms with Crippen LogP contribution in [0.25, 0.3) is 0 Å². The van der Waals surface area contributed by atoms with Gasteiger partial charge in [-0.05, 0) is 32.0 Å². The first kappa shape index (κ1) is 13.3. The van der Waals surface area contributed by atoms with Crippen molar-refractivity contribution < 1.29 is 8.42 Å². The molecule has 1 fully saturated rings. The summed E-state index contributed by atoms with van der Waals surface area (Å²) in [5, 5.41) is 3.18. The van der Waals surface area contributed by atoms with Gasteiger partial charge in [0.05, 0.1) is 4.34 Å². The topological polar surface area (TPSA) is 49.4 Å². The maximum Gasteiger partial charge on any atom is 0.252 e. The number of piperidine rings is 1. The van der Waals surface area contributed by atoms with Gasteiger partial charge in [-0.1, -0.05) is 11.6 Å². The first-order chi connectivity index (χ1) is 8.04. The van der Waals surface area contributed by atoms with Crippen LogP contribution in [-0.2, 0) is 10.0 Å². The fourth-order valence-electron chi connectivity index (χ4n) is 1.95. The van der Waals surface area contributed by atoms with Crippen molar-refractivity contribution in [3.8, 4) is 0 Å². The molecule has 1 saturated heterocycles. The molecule has 2 rings (SSSR count). The van der Waals surface area contributed by atoms with Crippen LogP contribution in [0.2, 0.25) is 4.34 Å². The first-order valence-corrected chi connectivity index (χ1v) is 8.10. The molecule has 1 aromatic heterocycles. The van der Waals surface area contributed by atoms with Crippen molar-refractivity contribution in [3.63, 3.8) is 0 Å². The Kier molecular flexibility index (Phi) is 4.10. The summed E-state index contributed by atoms with van der Waals surface area (Å²) in [5.41, 5.74) is 0. The Labute approximate surface area is 111 Å². The predicted octanol–water partition coefficient (Wildman–Crippen LogP) is 1.77. The van der Waals surface area contributed by atoms with Gasteiger partial charge < -0.3 is 5.32 Å². The van der Waals surface area contributed by atoms with E-state index >= 15 is 0 Å². The average molecular weight is 295 g/mol. The number of rotatable bonds is 3. The van der Waals surface area contributed by atoms with Crippen LogP contribution in [0, 0.1) is 0 Å². The third-order valence-electron chi connectivity index (χ3n) is 3.00. The molecule has 2 heterocycles. The van der Waals surface area contributed by atoms with E-state index in [1.807, 2.05) is 7.05 Å². The molecule has 0 bridgehead atoms. The first-order valence-electron chi connectivity index (χ1n) is 5.47. The fraction of sp³-hybridized carbons (Fsp3) is 0.600. The Morgan fingerprint density at radius 1 is 1.41 bits per heavy atom. The van der Waals surface area contributed by atoms with Crippen LogP contribution in [0.1, 0.15) is 12.8 Å². The van der Waals surface area contributed by atoms with Gasteiger partial charge in [-0.2, -0.15) is 4.31 Å². The van der Waals surface area contributed by atoms with Gasteiger partial charge in [0.25, 0.3) is 10.0 Å². The van der Waals surface area contributed by atoms with E-state index in [2.05, 4.69) is 5.32 Å². The SMILES string of the molecule is CNC1CCN(S(=O)(=O)c2ccc(Cl)s2)CC1. The molecule has 1 N–H and O–H groups in total. The Bertz CT molecular complexity index is 478. The molecule has 0 aliphatic carbocycles. The predicted molar refractivity (Wildman–Crippen MR) is 70.2 cm³/mol. The highest BCUT2D eigenvalue weighted by Gasteiger charge is 2.29. The molecule has 1 aliphatic rings. The van der Waals surface area contributed by atoms with Crippen LogP contribution < -0.4 is 5.32 Å². The van der Waals surface area contributed by atoms with Crippen LogP contribution in [0.15, 0.2) is 16.3 Å². The molecular formula is C10H15ClN2O2S2. The second-order valence-electron chi connectivity index (χ2n) is 4.03. The number of nitrogens with one attached hydrogen (secondary N) is 1. The van der Waals surface area contributed by atoms with Crippen LogP contribution in [0.5, 0.6) is 0 Å². The van der Waals surface area contributed by atoms with Crippen molar-refractivity contribution in [1.82, 2.24) is 9.62 Å². The van der Waals surface area contributed by atoms with Gasteiger partial charge in [-0.25, -0.2) is 8.42 Å². The number of sulfonamides is 1. The fourth-order valence-corrected chi connectivity index (χ4v) is 5.06. The second-order valence-corrected chi connectivity index (χ2v) is 7.91. The van der Waals surface area contributed by atoms with Gasteiger partial charge >= 0.3 is 0 Å². The molecule has 7 heteroatoms. The van der Waals surface area contributed by atoms with Crippen LogP contribution >= 0.6 is 22.9 Å². The zero-order valence-electron chi connectivity index (χ0n) is 9.52.